The van der Waals surface area contributed by atoms with Gasteiger partial charge in [-0.3, -0.25) is 0 Å². The number of hydrogen-bond acceptors (Lipinski definition) is 4. The lowest BCUT2D eigenvalue weighted by atomic mass is 10.0. The molecule has 1 aliphatic heterocycles. The maximum atomic E-state index is 13.2. The first-order chi connectivity index (χ1) is 9.48. The van der Waals surface area contributed by atoms with E-state index in [2.05, 4.69) is 0 Å². The van der Waals surface area contributed by atoms with Gasteiger partial charge in [0.2, 0.25) is 10.0 Å². The molecule has 1 saturated heterocycles. The van der Waals surface area contributed by atoms with E-state index in [-0.39, 0.29) is 29.5 Å². The van der Waals surface area contributed by atoms with Crippen LogP contribution in [0.2, 0.25) is 0 Å². The Morgan fingerprint density at radius 3 is 2.55 bits per heavy atom. The van der Waals surface area contributed by atoms with Crippen molar-refractivity contribution in [2.45, 2.75) is 17.7 Å². The number of carbonyl (C=O) groups is 1. The number of nitriles is 1. The Morgan fingerprint density at radius 1 is 1.35 bits per heavy atom. The number of rotatable bonds is 3. The number of carbonyl (C=O) groups excluding carboxylic acids is 1. The fourth-order valence-corrected chi connectivity index (χ4v) is 3.65. The SMILES string of the molecule is N#Cc1cc(S(=O)(=O)N2CCC(C=O)CC2)ccc1F. The molecule has 2 rings (SSSR count). The second-order valence-electron chi connectivity index (χ2n) is 4.63. The second-order valence-corrected chi connectivity index (χ2v) is 6.57. The number of halogens is 1. The number of hydrogen-bond donors (Lipinski definition) is 0. The van der Waals surface area contributed by atoms with Crippen LogP contribution in [0.4, 0.5) is 4.39 Å². The largest absolute Gasteiger partial charge is 0.303 e. The predicted octanol–water partition coefficient (Wildman–Crippen LogP) is 1.30. The number of nitrogens with zero attached hydrogens (tertiary/aromatic N) is 2. The summed E-state index contributed by atoms with van der Waals surface area (Å²) in [5, 5.41) is 8.75. The Balaban J connectivity index is 2.27. The molecule has 0 radical (unpaired) electrons. The molecule has 1 aromatic carbocycles. The van der Waals surface area contributed by atoms with Crippen molar-refractivity contribution in [2.75, 3.05) is 13.1 Å². The summed E-state index contributed by atoms with van der Waals surface area (Å²) < 4.78 is 39.2. The minimum atomic E-state index is -3.74. The van der Waals surface area contributed by atoms with E-state index < -0.39 is 15.8 Å². The van der Waals surface area contributed by atoms with Gasteiger partial charge in [0.15, 0.2) is 0 Å². The van der Waals surface area contributed by atoms with E-state index in [1.54, 1.807) is 6.07 Å². The number of aldehydes is 1. The van der Waals surface area contributed by atoms with Gasteiger partial charge in [-0.15, -0.1) is 0 Å². The average Bonchev–Trinajstić information content (AvgIpc) is 2.47. The highest BCUT2D eigenvalue weighted by molar-refractivity contribution is 7.89. The molecule has 5 nitrogen and oxygen atoms in total. The summed E-state index contributed by atoms with van der Waals surface area (Å²) in [6.45, 7) is 0.510. The van der Waals surface area contributed by atoms with Gasteiger partial charge >= 0.3 is 0 Å². The molecule has 106 valence electrons. The predicted molar refractivity (Wildman–Crippen MR) is 68.7 cm³/mol. The number of benzene rings is 1. The van der Waals surface area contributed by atoms with Gasteiger partial charge in [-0.05, 0) is 31.0 Å². The molecule has 0 saturated carbocycles. The third kappa shape index (κ3) is 2.71. The minimum Gasteiger partial charge on any atom is -0.303 e. The minimum absolute atomic E-state index is 0.0972. The molecule has 7 heteroatoms. The van der Waals surface area contributed by atoms with Gasteiger partial charge in [-0.25, -0.2) is 12.8 Å². The lowest BCUT2D eigenvalue weighted by Crippen LogP contribution is -2.38. The highest BCUT2D eigenvalue weighted by Crippen LogP contribution is 2.24. The maximum absolute atomic E-state index is 13.2. The zero-order valence-electron chi connectivity index (χ0n) is 10.6. The first-order valence-electron chi connectivity index (χ1n) is 6.14. The molecule has 1 heterocycles. The molecule has 0 N–H and O–H groups in total. The summed E-state index contributed by atoms with van der Waals surface area (Å²) in [4.78, 5) is 10.6. The Bertz CT molecular complexity index is 659. The standard InChI is InChI=1S/C13H13FN2O3S/c14-13-2-1-12(7-11(13)8-15)20(18,19)16-5-3-10(9-17)4-6-16/h1-2,7,9-10H,3-6H2. The molecule has 0 aliphatic carbocycles. The molecule has 0 bridgehead atoms. The Hall–Kier alpha value is -1.78. The molecule has 1 aromatic rings. The lowest BCUT2D eigenvalue weighted by Gasteiger charge is -2.28. The molecule has 20 heavy (non-hydrogen) atoms. The Morgan fingerprint density at radius 2 is 2.00 bits per heavy atom. The topological polar surface area (TPSA) is 78.2 Å². The van der Waals surface area contributed by atoms with Crippen LogP contribution in [-0.4, -0.2) is 32.1 Å². The fourth-order valence-electron chi connectivity index (χ4n) is 2.15. The molecule has 1 fully saturated rings. The maximum Gasteiger partial charge on any atom is 0.243 e. The van der Waals surface area contributed by atoms with E-state index >= 15 is 0 Å². The van der Waals surface area contributed by atoms with E-state index in [1.807, 2.05) is 0 Å². The van der Waals surface area contributed by atoms with Crippen molar-refractivity contribution in [2.24, 2.45) is 5.92 Å². The van der Waals surface area contributed by atoms with Crippen molar-refractivity contribution in [3.63, 3.8) is 0 Å². The van der Waals surface area contributed by atoms with Crippen LogP contribution in [0, 0.1) is 23.1 Å². The van der Waals surface area contributed by atoms with E-state index in [0.717, 1.165) is 24.5 Å². The van der Waals surface area contributed by atoms with Crippen LogP contribution in [0.3, 0.4) is 0 Å². The summed E-state index contributed by atoms with van der Waals surface area (Å²) >= 11 is 0. The lowest BCUT2D eigenvalue weighted by molar-refractivity contribution is -0.112. The highest BCUT2D eigenvalue weighted by Gasteiger charge is 2.29. The molecule has 0 spiro atoms. The van der Waals surface area contributed by atoms with Crippen molar-refractivity contribution in [3.05, 3.63) is 29.6 Å². The van der Waals surface area contributed by atoms with Gasteiger partial charge in [0.1, 0.15) is 18.2 Å². The zero-order chi connectivity index (χ0) is 14.8. The van der Waals surface area contributed by atoms with Crippen molar-refractivity contribution < 1.29 is 17.6 Å². The zero-order valence-corrected chi connectivity index (χ0v) is 11.4. The molecule has 0 atom stereocenters. The first-order valence-corrected chi connectivity index (χ1v) is 7.58. The van der Waals surface area contributed by atoms with E-state index in [1.165, 1.54) is 4.31 Å². The van der Waals surface area contributed by atoms with Crippen LogP contribution in [0.15, 0.2) is 23.1 Å². The van der Waals surface area contributed by atoms with Crippen molar-refractivity contribution >= 4 is 16.3 Å². The summed E-state index contributed by atoms with van der Waals surface area (Å²) in [6, 6.07) is 4.79. The second kappa shape index (κ2) is 5.69. The quantitative estimate of drug-likeness (QED) is 0.788. The Kier molecular flexibility index (Phi) is 4.16. The Labute approximate surface area is 116 Å². The van der Waals surface area contributed by atoms with E-state index in [9.17, 15) is 17.6 Å². The van der Waals surface area contributed by atoms with Crippen LogP contribution < -0.4 is 0 Å². The normalized spacial score (nSPS) is 17.6. The first kappa shape index (κ1) is 14.6. The van der Waals surface area contributed by atoms with Gasteiger partial charge in [-0.2, -0.15) is 9.57 Å². The third-order valence-electron chi connectivity index (χ3n) is 3.39. The van der Waals surface area contributed by atoms with Crippen LogP contribution in [0.1, 0.15) is 18.4 Å². The molecular weight excluding hydrogens is 283 g/mol. The third-order valence-corrected chi connectivity index (χ3v) is 5.28. The molecule has 1 aliphatic rings. The average molecular weight is 296 g/mol. The van der Waals surface area contributed by atoms with Crippen molar-refractivity contribution in [3.8, 4) is 6.07 Å². The summed E-state index contributed by atoms with van der Waals surface area (Å²) in [6.07, 6.45) is 1.81. The number of piperidine rings is 1. The summed E-state index contributed by atoms with van der Waals surface area (Å²) in [5.74, 6) is -0.851. The van der Waals surface area contributed by atoms with Crippen LogP contribution in [-0.2, 0) is 14.8 Å². The van der Waals surface area contributed by atoms with E-state index in [0.29, 0.717) is 12.8 Å². The van der Waals surface area contributed by atoms with Gasteiger partial charge in [0, 0.05) is 19.0 Å². The van der Waals surface area contributed by atoms with E-state index in [4.69, 9.17) is 5.26 Å². The fraction of sp³-hybridized carbons (Fsp3) is 0.385. The van der Waals surface area contributed by atoms with Gasteiger partial charge < -0.3 is 4.79 Å². The van der Waals surface area contributed by atoms with Crippen molar-refractivity contribution in [1.82, 2.24) is 4.31 Å². The van der Waals surface area contributed by atoms with Gasteiger partial charge in [0.05, 0.1) is 10.5 Å². The van der Waals surface area contributed by atoms with Crippen LogP contribution >= 0.6 is 0 Å². The summed E-state index contributed by atoms with van der Waals surface area (Å²) in [7, 11) is -3.74. The molecule has 0 unspecified atom stereocenters. The van der Waals surface area contributed by atoms with Crippen LogP contribution in [0.25, 0.3) is 0 Å². The smallest absolute Gasteiger partial charge is 0.243 e. The van der Waals surface area contributed by atoms with Crippen molar-refractivity contribution in [1.29, 1.82) is 5.26 Å². The van der Waals surface area contributed by atoms with Gasteiger partial charge in [-0.1, -0.05) is 0 Å². The number of sulfonamides is 1. The summed E-state index contributed by atoms with van der Waals surface area (Å²) in [5.41, 5.74) is -0.297. The van der Waals surface area contributed by atoms with Crippen LogP contribution in [0.5, 0.6) is 0 Å². The highest BCUT2D eigenvalue weighted by atomic mass is 32.2. The van der Waals surface area contributed by atoms with Gasteiger partial charge in [0.25, 0.3) is 0 Å². The molecule has 0 amide bonds. The molecular formula is C13H13FN2O3S. The molecule has 0 aromatic heterocycles. The monoisotopic (exact) mass is 296 g/mol.